The van der Waals surface area contributed by atoms with E-state index >= 15 is 0 Å². The van der Waals surface area contributed by atoms with Gasteiger partial charge in [-0.15, -0.1) is 11.3 Å². The van der Waals surface area contributed by atoms with Crippen molar-refractivity contribution < 1.29 is 9.53 Å². The second-order valence-electron chi connectivity index (χ2n) is 7.90. The number of hydrogen-bond donors (Lipinski definition) is 1. The Kier molecular flexibility index (Phi) is 4.20. The van der Waals surface area contributed by atoms with Gasteiger partial charge in [0.1, 0.15) is 16.3 Å². The number of nitrogens with zero attached hydrogens (tertiary/aromatic N) is 1. The third-order valence-corrected chi connectivity index (χ3v) is 7.24. The van der Waals surface area contributed by atoms with Gasteiger partial charge in [0.15, 0.2) is 0 Å². The maximum Gasteiger partial charge on any atom is 0.268 e. The Hall–Kier alpha value is -2.27. The molecule has 2 heterocycles. The molecule has 2 bridgehead atoms. The van der Waals surface area contributed by atoms with E-state index in [1.54, 1.807) is 18.4 Å². The molecule has 0 saturated heterocycles. The predicted molar refractivity (Wildman–Crippen MR) is 109 cm³/mol. The summed E-state index contributed by atoms with van der Waals surface area (Å²) in [5, 5.41) is 6.58. The van der Waals surface area contributed by atoms with Crippen molar-refractivity contribution in [3.8, 4) is 5.75 Å². The standard InChI is InChI=1S/C22H24N2O2S/c1-26-18-6-3-14(4-7-18)13-24-20(12-17-8-9-27-22(17)24)21(25)23-19-11-15-2-5-16(19)10-15/h3-4,6-9,12,15-16,19H,2,5,10-11,13H2,1H3,(H,23,25)/t15-,16+,19+/m0/s1. The number of thiophene rings is 1. The zero-order valence-electron chi connectivity index (χ0n) is 15.5. The lowest BCUT2D eigenvalue weighted by Crippen LogP contribution is -2.39. The molecule has 2 aromatic heterocycles. The number of amides is 1. The number of benzene rings is 1. The molecule has 0 unspecified atom stereocenters. The predicted octanol–water partition coefficient (Wildman–Crippen LogP) is 4.68. The highest BCUT2D eigenvalue weighted by atomic mass is 32.1. The summed E-state index contributed by atoms with van der Waals surface area (Å²) < 4.78 is 7.41. The lowest BCUT2D eigenvalue weighted by molar-refractivity contribution is 0.0914. The molecule has 2 aliphatic carbocycles. The maximum absolute atomic E-state index is 13.1. The van der Waals surface area contributed by atoms with Crippen LogP contribution in [0.2, 0.25) is 0 Å². The molecular formula is C22H24N2O2S. The number of carbonyl (C=O) groups is 1. The van der Waals surface area contributed by atoms with Gasteiger partial charge in [0.05, 0.1) is 7.11 Å². The molecule has 140 valence electrons. The van der Waals surface area contributed by atoms with Crippen LogP contribution in [0.15, 0.2) is 41.8 Å². The lowest BCUT2D eigenvalue weighted by atomic mass is 9.95. The van der Waals surface area contributed by atoms with Crippen LogP contribution in [0.3, 0.4) is 0 Å². The van der Waals surface area contributed by atoms with E-state index in [9.17, 15) is 4.79 Å². The monoisotopic (exact) mass is 380 g/mol. The highest BCUT2D eigenvalue weighted by Gasteiger charge is 2.40. The zero-order valence-corrected chi connectivity index (χ0v) is 16.3. The van der Waals surface area contributed by atoms with E-state index in [0.717, 1.165) is 39.6 Å². The number of methoxy groups -OCH3 is 1. The second-order valence-corrected chi connectivity index (χ2v) is 8.79. The van der Waals surface area contributed by atoms with Crippen molar-refractivity contribution >= 4 is 27.5 Å². The van der Waals surface area contributed by atoms with Gasteiger partial charge in [0.2, 0.25) is 0 Å². The molecule has 2 aliphatic rings. The van der Waals surface area contributed by atoms with Gasteiger partial charge in [0.25, 0.3) is 5.91 Å². The molecule has 1 amide bonds. The van der Waals surface area contributed by atoms with Crippen molar-refractivity contribution in [2.24, 2.45) is 11.8 Å². The highest BCUT2D eigenvalue weighted by Crippen LogP contribution is 2.44. The smallest absolute Gasteiger partial charge is 0.268 e. The Bertz CT molecular complexity index is 972. The molecule has 4 nitrogen and oxygen atoms in total. The van der Waals surface area contributed by atoms with Crippen LogP contribution in [0, 0.1) is 11.8 Å². The van der Waals surface area contributed by atoms with Crippen LogP contribution in [0.1, 0.15) is 41.7 Å². The summed E-state index contributed by atoms with van der Waals surface area (Å²) in [5.41, 5.74) is 1.94. The van der Waals surface area contributed by atoms with Gasteiger partial charge in [-0.25, -0.2) is 0 Å². The molecule has 1 N–H and O–H groups in total. The summed E-state index contributed by atoms with van der Waals surface area (Å²) >= 11 is 1.69. The fourth-order valence-corrected chi connectivity index (χ4v) is 5.79. The Morgan fingerprint density at radius 2 is 2.07 bits per heavy atom. The van der Waals surface area contributed by atoms with Crippen molar-refractivity contribution in [3.63, 3.8) is 0 Å². The van der Waals surface area contributed by atoms with Crippen molar-refractivity contribution in [2.75, 3.05) is 7.11 Å². The van der Waals surface area contributed by atoms with Gasteiger partial charge in [-0.3, -0.25) is 4.79 Å². The molecule has 27 heavy (non-hydrogen) atoms. The summed E-state index contributed by atoms with van der Waals surface area (Å²) in [4.78, 5) is 14.3. The van der Waals surface area contributed by atoms with Crippen molar-refractivity contribution in [2.45, 2.75) is 38.3 Å². The van der Waals surface area contributed by atoms with Crippen molar-refractivity contribution in [1.29, 1.82) is 0 Å². The van der Waals surface area contributed by atoms with E-state index in [4.69, 9.17) is 4.74 Å². The van der Waals surface area contributed by atoms with Crippen LogP contribution < -0.4 is 10.1 Å². The van der Waals surface area contributed by atoms with Gasteiger partial charge in [-0.1, -0.05) is 18.6 Å². The Morgan fingerprint density at radius 3 is 2.78 bits per heavy atom. The molecule has 3 aromatic rings. The molecule has 3 atom stereocenters. The highest BCUT2D eigenvalue weighted by molar-refractivity contribution is 7.16. The van der Waals surface area contributed by atoms with Gasteiger partial charge < -0.3 is 14.6 Å². The minimum absolute atomic E-state index is 0.0736. The van der Waals surface area contributed by atoms with Gasteiger partial charge in [-0.2, -0.15) is 0 Å². The van der Waals surface area contributed by atoms with Crippen LogP contribution in [-0.4, -0.2) is 23.6 Å². The van der Waals surface area contributed by atoms with Crippen molar-refractivity contribution in [1.82, 2.24) is 9.88 Å². The van der Waals surface area contributed by atoms with Crippen LogP contribution in [0.5, 0.6) is 5.75 Å². The Balaban J connectivity index is 1.42. The molecule has 0 spiro atoms. The van der Waals surface area contributed by atoms with E-state index in [-0.39, 0.29) is 5.91 Å². The molecule has 5 rings (SSSR count). The Morgan fingerprint density at radius 1 is 1.22 bits per heavy atom. The minimum Gasteiger partial charge on any atom is -0.497 e. The number of rotatable bonds is 5. The van der Waals surface area contributed by atoms with E-state index in [1.165, 1.54) is 19.3 Å². The number of fused-ring (bicyclic) bond motifs is 3. The fourth-order valence-electron chi connectivity index (χ4n) is 4.90. The van der Waals surface area contributed by atoms with Gasteiger partial charge in [-0.05, 0) is 66.3 Å². The molecule has 2 saturated carbocycles. The van der Waals surface area contributed by atoms with Crippen LogP contribution in [0.25, 0.3) is 10.2 Å². The SMILES string of the molecule is COc1ccc(Cn2c(C(=O)N[C@@H]3C[C@H]4CC[C@@H]3C4)cc3ccsc32)cc1. The van der Waals surface area contributed by atoms with Crippen molar-refractivity contribution in [3.05, 3.63) is 53.0 Å². The number of aromatic nitrogens is 1. The third kappa shape index (κ3) is 3.04. The second kappa shape index (κ2) is 6.71. The lowest BCUT2D eigenvalue weighted by Gasteiger charge is -2.23. The first-order valence-electron chi connectivity index (χ1n) is 9.72. The fraction of sp³-hybridized carbons (Fsp3) is 0.409. The normalized spacial score (nSPS) is 23.8. The van der Waals surface area contributed by atoms with Crippen LogP contribution >= 0.6 is 11.3 Å². The first-order valence-corrected chi connectivity index (χ1v) is 10.6. The van der Waals surface area contributed by atoms with E-state index in [0.29, 0.717) is 18.5 Å². The maximum atomic E-state index is 13.1. The number of carbonyl (C=O) groups excluding carboxylic acids is 1. The summed E-state index contributed by atoms with van der Waals surface area (Å²) in [5.74, 6) is 2.44. The van der Waals surface area contributed by atoms with E-state index in [1.807, 2.05) is 18.2 Å². The summed E-state index contributed by atoms with van der Waals surface area (Å²) in [6.07, 6.45) is 5.08. The molecule has 2 fully saturated rings. The van der Waals surface area contributed by atoms with Crippen LogP contribution in [0.4, 0.5) is 0 Å². The molecular weight excluding hydrogens is 356 g/mol. The first-order chi connectivity index (χ1) is 13.2. The first kappa shape index (κ1) is 16.9. The molecule has 0 aliphatic heterocycles. The van der Waals surface area contributed by atoms with Gasteiger partial charge >= 0.3 is 0 Å². The minimum atomic E-state index is 0.0736. The third-order valence-electron chi connectivity index (χ3n) is 6.29. The molecule has 0 radical (unpaired) electrons. The summed E-state index contributed by atoms with van der Waals surface area (Å²) in [7, 11) is 1.67. The summed E-state index contributed by atoms with van der Waals surface area (Å²) in [6.45, 7) is 0.688. The average Bonchev–Trinajstić information content (AvgIpc) is 3.44. The van der Waals surface area contributed by atoms with Gasteiger partial charge in [0, 0.05) is 18.0 Å². The quantitative estimate of drug-likeness (QED) is 0.698. The average molecular weight is 381 g/mol. The topological polar surface area (TPSA) is 43.3 Å². The Labute approximate surface area is 163 Å². The number of nitrogens with one attached hydrogen (secondary N) is 1. The molecule has 1 aromatic carbocycles. The van der Waals surface area contributed by atoms with E-state index in [2.05, 4.69) is 33.5 Å². The zero-order chi connectivity index (χ0) is 18.4. The molecule has 5 heteroatoms. The number of ether oxygens (including phenoxy) is 1. The number of hydrogen-bond acceptors (Lipinski definition) is 3. The van der Waals surface area contributed by atoms with Crippen LogP contribution in [-0.2, 0) is 6.54 Å². The largest absolute Gasteiger partial charge is 0.497 e. The summed E-state index contributed by atoms with van der Waals surface area (Å²) in [6, 6.07) is 12.6. The van der Waals surface area contributed by atoms with E-state index < -0.39 is 0 Å².